The van der Waals surface area contributed by atoms with Crippen molar-refractivity contribution in [1.29, 1.82) is 0 Å². The van der Waals surface area contributed by atoms with Crippen LogP contribution in [0.15, 0.2) is 53.7 Å². The topological polar surface area (TPSA) is 109 Å². The number of hydrogen-bond donors (Lipinski definition) is 2. The molecule has 2 heterocycles. The van der Waals surface area contributed by atoms with Crippen LogP contribution in [0.5, 0.6) is 11.5 Å². The molecule has 8 nitrogen and oxygen atoms in total. The number of sulfonamides is 1. The van der Waals surface area contributed by atoms with Crippen molar-refractivity contribution >= 4 is 15.9 Å². The summed E-state index contributed by atoms with van der Waals surface area (Å²) in [5, 5.41) is 12.7. The molecule has 2 aliphatic rings. The number of aliphatic hydroxyl groups is 1. The third-order valence-electron chi connectivity index (χ3n) is 6.13. The summed E-state index contributed by atoms with van der Waals surface area (Å²) in [5.41, 5.74) is 0. The summed E-state index contributed by atoms with van der Waals surface area (Å²) >= 11 is 0. The molecule has 4 rings (SSSR count). The van der Waals surface area contributed by atoms with Crippen LogP contribution in [0.2, 0.25) is 0 Å². The van der Waals surface area contributed by atoms with Crippen LogP contribution in [-0.2, 0) is 14.8 Å². The van der Waals surface area contributed by atoms with Gasteiger partial charge in [-0.15, -0.1) is 0 Å². The molecule has 0 spiro atoms. The van der Waals surface area contributed by atoms with E-state index in [2.05, 4.69) is 10.3 Å². The smallest absolute Gasteiger partial charge is 0.243 e. The molecule has 0 radical (unpaired) electrons. The number of piperidine rings is 1. The molecule has 1 saturated heterocycles. The molecule has 1 amide bonds. The van der Waals surface area contributed by atoms with Crippen LogP contribution >= 0.6 is 0 Å². The zero-order valence-corrected chi connectivity index (χ0v) is 18.7. The lowest BCUT2D eigenvalue weighted by atomic mass is 9.92. The predicted octanol–water partition coefficient (Wildman–Crippen LogP) is 2.69. The van der Waals surface area contributed by atoms with Crippen LogP contribution in [-0.4, -0.2) is 54.0 Å². The molecule has 2 fully saturated rings. The summed E-state index contributed by atoms with van der Waals surface area (Å²) in [4.78, 5) is 16.9. The molecule has 2 aromatic rings. The van der Waals surface area contributed by atoms with Crippen LogP contribution in [0.1, 0.15) is 38.5 Å². The highest BCUT2D eigenvalue weighted by molar-refractivity contribution is 7.89. The molecule has 172 valence electrons. The van der Waals surface area contributed by atoms with E-state index in [9.17, 15) is 18.3 Å². The van der Waals surface area contributed by atoms with Gasteiger partial charge in [-0.3, -0.25) is 9.78 Å². The number of hydrogen-bond acceptors (Lipinski definition) is 6. The highest BCUT2D eigenvalue weighted by atomic mass is 32.2. The van der Waals surface area contributed by atoms with Crippen molar-refractivity contribution in [1.82, 2.24) is 14.6 Å². The maximum atomic E-state index is 13.2. The quantitative estimate of drug-likeness (QED) is 0.688. The van der Waals surface area contributed by atoms with Gasteiger partial charge in [0, 0.05) is 25.3 Å². The van der Waals surface area contributed by atoms with E-state index in [-0.39, 0.29) is 35.4 Å². The number of pyridine rings is 1. The van der Waals surface area contributed by atoms with Crippen molar-refractivity contribution in [3.8, 4) is 11.5 Å². The number of aromatic nitrogens is 1. The van der Waals surface area contributed by atoms with Gasteiger partial charge in [0.05, 0.1) is 23.1 Å². The molecule has 1 aromatic heterocycles. The minimum absolute atomic E-state index is 0.0604. The maximum absolute atomic E-state index is 13.2. The molecule has 0 bridgehead atoms. The Morgan fingerprint density at radius 2 is 1.81 bits per heavy atom. The molecular weight excluding hydrogens is 430 g/mol. The minimum atomic E-state index is -3.71. The van der Waals surface area contributed by atoms with Crippen molar-refractivity contribution in [3.63, 3.8) is 0 Å². The first-order valence-corrected chi connectivity index (χ1v) is 12.5. The fraction of sp³-hybridized carbons (Fsp3) is 0.478. The summed E-state index contributed by atoms with van der Waals surface area (Å²) < 4.78 is 33.4. The minimum Gasteiger partial charge on any atom is -0.456 e. The summed E-state index contributed by atoms with van der Waals surface area (Å²) in [7, 11) is -3.71. The van der Waals surface area contributed by atoms with Gasteiger partial charge in [0.1, 0.15) is 11.5 Å². The Labute approximate surface area is 188 Å². The number of ether oxygens (including phenoxy) is 1. The number of carbonyl (C=O) groups excluding carboxylic acids is 1. The Hall–Kier alpha value is -2.49. The lowest BCUT2D eigenvalue weighted by Crippen LogP contribution is -2.48. The van der Waals surface area contributed by atoms with Gasteiger partial charge in [0.2, 0.25) is 15.9 Å². The second-order valence-electron chi connectivity index (χ2n) is 8.48. The largest absolute Gasteiger partial charge is 0.456 e. The van der Waals surface area contributed by atoms with Gasteiger partial charge >= 0.3 is 0 Å². The number of amides is 1. The molecule has 1 aliphatic heterocycles. The first-order chi connectivity index (χ1) is 15.4. The van der Waals surface area contributed by atoms with Gasteiger partial charge < -0.3 is 15.2 Å². The maximum Gasteiger partial charge on any atom is 0.243 e. The molecular formula is C23H29N3O5S. The Balaban J connectivity index is 1.38. The van der Waals surface area contributed by atoms with Crippen LogP contribution < -0.4 is 10.1 Å². The Bertz CT molecular complexity index is 1010. The molecule has 1 saturated carbocycles. The van der Waals surface area contributed by atoms with Crippen LogP contribution in [0.25, 0.3) is 0 Å². The second kappa shape index (κ2) is 9.97. The third kappa shape index (κ3) is 5.46. The van der Waals surface area contributed by atoms with Crippen molar-refractivity contribution < 1.29 is 23.1 Å². The van der Waals surface area contributed by atoms with E-state index >= 15 is 0 Å². The first kappa shape index (κ1) is 22.7. The van der Waals surface area contributed by atoms with Crippen LogP contribution in [0.3, 0.4) is 0 Å². The number of rotatable bonds is 6. The molecule has 32 heavy (non-hydrogen) atoms. The van der Waals surface area contributed by atoms with Gasteiger partial charge in [-0.1, -0.05) is 0 Å². The Morgan fingerprint density at radius 1 is 1.06 bits per heavy atom. The fourth-order valence-corrected chi connectivity index (χ4v) is 5.81. The van der Waals surface area contributed by atoms with E-state index in [4.69, 9.17) is 4.74 Å². The highest BCUT2D eigenvalue weighted by Gasteiger charge is 2.34. The van der Waals surface area contributed by atoms with Gasteiger partial charge in [0.15, 0.2) is 0 Å². The summed E-state index contributed by atoms with van der Waals surface area (Å²) in [6, 6.07) is 9.87. The van der Waals surface area contributed by atoms with Crippen molar-refractivity contribution in [2.45, 2.75) is 55.6 Å². The van der Waals surface area contributed by atoms with E-state index < -0.39 is 10.0 Å². The average molecular weight is 460 g/mol. The molecule has 1 atom stereocenters. The Kier molecular flexibility index (Phi) is 7.07. The van der Waals surface area contributed by atoms with Crippen molar-refractivity contribution in [3.05, 3.63) is 48.8 Å². The number of benzene rings is 1. The molecule has 2 N–H and O–H groups in total. The van der Waals surface area contributed by atoms with Crippen LogP contribution in [0.4, 0.5) is 0 Å². The molecule has 9 heteroatoms. The second-order valence-corrected chi connectivity index (χ2v) is 10.4. The molecule has 1 aromatic carbocycles. The molecule has 1 aliphatic carbocycles. The molecule has 0 unspecified atom stereocenters. The van der Waals surface area contributed by atoms with E-state index in [1.807, 2.05) is 0 Å². The van der Waals surface area contributed by atoms with Crippen LogP contribution in [0, 0.1) is 5.92 Å². The number of nitrogens with zero attached hydrogens (tertiary/aromatic N) is 2. The highest BCUT2D eigenvalue weighted by Crippen LogP contribution is 2.27. The van der Waals surface area contributed by atoms with E-state index in [1.165, 1.54) is 16.4 Å². The van der Waals surface area contributed by atoms with E-state index in [0.29, 0.717) is 43.7 Å². The number of nitrogens with one attached hydrogen (secondary N) is 1. The van der Waals surface area contributed by atoms with Crippen molar-refractivity contribution in [2.75, 3.05) is 13.1 Å². The third-order valence-corrected chi connectivity index (χ3v) is 8.01. The van der Waals surface area contributed by atoms with Gasteiger partial charge in [-0.05, 0) is 74.9 Å². The Morgan fingerprint density at radius 3 is 2.50 bits per heavy atom. The predicted molar refractivity (Wildman–Crippen MR) is 119 cm³/mol. The van der Waals surface area contributed by atoms with E-state index in [0.717, 1.165) is 12.8 Å². The standard InChI is InChI=1S/C23H29N3O5S/c27-19-7-5-18(6-8-19)25-23(28)17-3-2-14-26(16-17)32(29,30)22-11-9-20(10-12-22)31-21-4-1-13-24-15-21/h1,4,9-13,15,17-19,27H,2-3,5-8,14,16H2,(H,25,28)/t17-,18?,19?/m0/s1. The zero-order chi connectivity index (χ0) is 22.6. The lowest BCUT2D eigenvalue weighted by molar-refractivity contribution is -0.127. The average Bonchev–Trinajstić information content (AvgIpc) is 2.82. The lowest BCUT2D eigenvalue weighted by Gasteiger charge is -2.33. The normalized spacial score (nSPS) is 24.6. The first-order valence-electron chi connectivity index (χ1n) is 11.1. The van der Waals surface area contributed by atoms with Gasteiger partial charge in [-0.2, -0.15) is 4.31 Å². The SMILES string of the molecule is O=C(NC1CCC(O)CC1)[C@H]1CCCN(S(=O)(=O)c2ccc(Oc3cccnc3)cc2)C1. The number of carbonyl (C=O) groups is 1. The summed E-state index contributed by atoms with van der Waals surface area (Å²) in [6.07, 6.45) is 7.16. The summed E-state index contributed by atoms with van der Waals surface area (Å²) in [6.45, 7) is 0.577. The monoisotopic (exact) mass is 459 g/mol. The fourth-order valence-electron chi connectivity index (χ4n) is 4.29. The van der Waals surface area contributed by atoms with Gasteiger partial charge in [0.25, 0.3) is 0 Å². The number of aliphatic hydroxyl groups excluding tert-OH is 1. The summed E-state index contributed by atoms with van der Waals surface area (Å²) in [5.74, 6) is 0.635. The van der Waals surface area contributed by atoms with Crippen molar-refractivity contribution in [2.24, 2.45) is 5.92 Å². The van der Waals surface area contributed by atoms with E-state index in [1.54, 1.807) is 36.7 Å². The van der Waals surface area contributed by atoms with Gasteiger partial charge in [-0.25, -0.2) is 8.42 Å². The zero-order valence-electron chi connectivity index (χ0n) is 17.9.